The molecule has 0 spiro atoms. The van der Waals surface area contributed by atoms with Gasteiger partial charge in [0.15, 0.2) is 0 Å². The average Bonchev–Trinajstić information content (AvgIpc) is 2.73. The predicted molar refractivity (Wildman–Crippen MR) is 115 cm³/mol. The Morgan fingerprint density at radius 2 is 1.59 bits per heavy atom. The van der Waals surface area contributed by atoms with Crippen LogP contribution in [0.4, 0.5) is 11.4 Å². The number of anilines is 2. The lowest BCUT2D eigenvalue weighted by molar-refractivity contribution is 0.102. The van der Waals surface area contributed by atoms with Gasteiger partial charge in [-0.3, -0.25) is 9.10 Å². The lowest BCUT2D eigenvalue weighted by atomic mass is 10.0. The van der Waals surface area contributed by atoms with Gasteiger partial charge in [0, 0.05) is 12.6 Å². The van der Waals surface area contributed by atoms with Crippen molar-refractivity contribution in [3.05, 3.63) is 83.9 Å². The number of rotatable bonds is 6. The molecule has 7 heteroatoms. The van der Waals surface area contributed by atoms with Crippen LogP contribution in [0.25, 0.3) is 11.1 Å². The number of aliphatic hydroxyl groups excluding tert-OH is 1. The number of nitrogens with zero attached hydrogens (tertiary/aromatic N) is 1. The molecule has 29 heavy (non-hydrogen) atoms. The van der Waals surface area contributed by atoms with Gasteiger partial charge in [0.05, 0.1) is 24.2 Å². The molecule has 1 amide bonds. The second-order valence-corrected chi connectivity index (χ2v) is 8.65. The van der Waals surface area contributed by atoms with E-state index in [1.165, 1.54) is 7.05 Å². The van der Waals surface area contributed by atoms with E-state index in [4.69, 9.17) is 0 Å². The molecule has 0 unspecified atom stereocenters. The van der Waals surface area contributed by atoms with E-state index in [2.05, 4.69) is 5.32 Å². The lowest BCUT2D eigenvalue weighted by Crippen LogP contribution is -2.26. The number of amides is 1. The zero-order valence-corrected chi connectivity index (χ0v) is 17.0. The maximum absolute atomic E-state index is 12.7. The Balaban J connectivity index is 2.04. The first-order chi connectivity index (χ1) is 13.8. The number of hydrogen-bond acceptors (Lipinski definition) is 4. The normalized spacial score (nSPS) is 11.1. The van der Waals surface area contributed by atoms with Crippen molar-refractivity contribution in [1.82, 2.24) is 0 Å². The molecule has 6 nitrogen and oxygen atoms in total. The van der Waals surface area contributed by atoms with E-state index < -0.39 is 10.0 Å². The monoisotopic (exact) mass is 410 g/mol. The minimum atomic E-state index is -3.51. The summed E-state index contributed by atoms with van der Waals surface area (Å²) < 4.78 is 25.2. The van der Waals surface area contributed by atoms with Crippen LogP contribution >= 0.6 is 0 Å². The first kappa shape index (κ1) is 20.6. The fourth-order valence-corrected chi connectivity index (χ4v) is 3.37. The van der Waals surface area contributed by atoms with Crippen LogP contribution in [0.1, 0.15) is 15.9 Å². The maximum Gasteiger partial charge on any atom is 0.255 e. The molecule has 0 atom stereocenters. The zero-order valence-electron chi connectivity index (χ0n) is 16.2. The van der Waals surface area contributed by atoms with Crippen LogP contribution in [-0.4, -0.2) is 32.7 Å². The highest BCUT2D eigenvalue weighted by Crippen LogP contribution is 2.32. The summed E-state index contributed by atoms with van der Waals surface area (Å²) in [6.45, 7) is -0.0449. The average molecular weight is 410 g/mol. The van der Waals surface area contributed by atoms with E-state index in [0.29, 0.717) is 16.9 Å². The number of carbonyl (C=O) groups excluding carboxylic acids is 1. The van der Waals surface area contributed by atoms with E-state index in [1.54, 1.807) is 42.5 Å². The van der Waals surface area contributed by atoms with Crippen molar-refractivity contribution < 1.29 is 18.3 Å². The molecule has 0 heterocycles. The van der Waals surface area contributed by atoms with Crippen LogP contribution in [-0.2, 0) is 16.6 Å². The summed E-state index contributed by atoms with van der Waals surface area (Å²) in [5.74, 6) is -0.332. The SMILES string of the molecule is CN(c1ccc(-c2ccc(CO)cc2)cc1NC(=O)c1ccccc1)S(C)(=O)=O. The summed E-state index contributed by atoms with van der Waals surface area (Å²) in [6.07, 6.45) is 1.11. The molecule has 0 radical (unpaired) electrons. The standard InChI is InChI=1S/C22H22N2O4S/c1-24(29(2,27)28)21-13-12-19(17-10-8-16(15-25)9-11-17)14-20(21)23-22(26)18-6-4-3-5-7-18/h3-14,25H,15H2,1-2H3,(H,23,26). The van der Waals surface area contributed by atoms with E-state index in [-0.39, 0.29) is 12.5 Å². The quantitative estimate of drug-likeness (QED) is 0.651. The Morgan fingerprint density at radius 3 is 2.17 bits per heavy atom. The van der Waals surface area contributed by atoms with Gasteiger partial charge in [0.2, 0.25) is 10.0 Å². The van der Waals surface area contributed by atoms with Crippen molar-refractivity contribution in [2.45, 2.75) is 6.61 Å². The number of benzene rings is 3. The minimum absolute atomic E-state index is 0.0449. The summed E-state index contributed by atoms with van der Waals surface area (Å²) in [7, 11) is -2.07. The third-order valence-electron chi connectivity index (χ3n) is 4.59. The second-order valence-electron chi connectivity index (χ2n) is 6.64. The highest BCUT2D eigenvalue weighted by molar-refractivity contribution is 7.92. The number of aliphatic hydroxyl groups is 1. The molecule has 0 aliphatic carbocycles. The molecule has 0 aliphatic heterocycles. The van der Waals surface area contributed by atoms with Gasteiger partial charge in [0.25, 0.3) is 5.91 Å². The number of nitrogens with one attached hydrogen (secondary N) is 1. The molecule has 0 saturated heterocycles. The van der Waals surface area contributed by atoms with Crippen LogP contribution < -0.4 is 9.62 Å². The summed E-state index contributed by atoms with van der Waals surface area (Å²) in [6, 6.07) is 21.3. The van der Waals surface area contributed by atoms with Gasteiger partial charge in [-0.25, -0.2) is 8.42 Å². The Labute approximate surface area is 170 Å². The Kier molecular flexibility index (Phi) is 6.00. The van der Waals surface area contributed by atoms with E-state index in [9.17, 15) is 18.3 Å². The molecule has 3 rings (SSSR count). The molecule has 0 aliphatic rings. The van der Waals surface area contributed by atoms with Gasteiger partial charge < -0.3 is 10.4 Å². The van der Waals surface area contributed by atoms with Gasteiger partial charge in [-0.05, 0) is 41.0 Å². The molecule has 0 aromatic heterocycles. The summed E-state index contributed by atoms with van der Waals surface area (Å²) in [5, 5.41) is 12.0. The van der Waals surface area contributed by atoms with Crippen molar-refractivity contribution >= 4 is 27.3 Å². The Bertz CT molecular complexity index is 1110. The van der Waals surface area contributed by atoms with Gasteiger partial charge >= 0.3 is 0 Å². The smallest absolute Gasteiger partial charge is 0.255 e. The van der Waals surface area contributed by atoms with Crippen LogP contribution in [0.15, 0.2) is 72.8 Å². The first-order valence-corrected chi connectivity index (χ1v) is 10.8. The van der Waals surface area contributed by atoms with Crippen LogP contribution in [0, 0.1) is 0 Å². The molecule has 2 N–H and O–H groups in total. The van der Waals surface area contributed by atoms with Gasteiger partial charge in [0.1, 0.15) is 0 Å². The fraction of sp³-hybridized carbons (Fsp3) is 0.136. The van der Waals surface area contributed by atoms with Crippen LogP contribution in [0.3, 0.4) is 0 Å². The molecule has 0 fully saturated rings. The lowest BCUT2D eigenvalue weighted by Gasteiger charge is -2.21. The molecular weight excluding hydrogens is 388 g/mol. The van der Waals surface area contributed by atoms with E-state index in [1.807, 2.05) is 30.3 Å². The van der Waals surface area contributed by atoms with Crippen molar-refractivity contribution in [3.8, 4) is 11.1 Å². The molecular formula is C22H22N2O4S. The van der Waals surface area contributed by atoms with Crippen molar-refractivity contribution in [2.24, 2.45) is 0 Å². The topological polar surface area (TPSA) is 86.7 Å². The molecule has 0 saturated carbocycles. The molecule has 0 bridgehead atoms. The fourth-order valence-electron chi connectivity index (χ4n) is 2.86. The number of hydrogen-bond donors (Lipinski definition) is 2. The summed E-state index contributed by atoms with van der Waals surface area (Å²) in [5.41, 5.74) is 3.70. The summed E-state index contributed by atoms with van der Waals surface area (Å²) >= 11 is 0. The van der Waals surface area contributed by atoms with Crippen molar-refractivity contribution in [1.29, 1.82) is 0 Å². The summed E-state index contributed by atoms with van der Waals surface area (Å²) in [4.78, 5) is 12.7. The van der Waals surface area contributed by atoms with Gasteiger partial charge in [-0.15, -0.1) is 0 Å². The Morgan fingerprint density at radius 1 is 0.966 bits per heavy atom. The first-order valence-electron chi connectivity index (χ1n) is 8.94. The van der Waals surface area contributed by atoms with Gasteiger partial charge in [-0.1, -0.05) is 48.5 Å². The number of sulfonamides is 1. The highest BCUT2D eigenvalue weighted by Gasteiger charge is 2.18. The number of carbonyl (C=O) groups is 1. The van der Waals surface area contributed by atoms with Crippen LogP contribution in [0.2, 0.25) is 0 Å². The Hall–Kier alpha value is -3.16. The third kappa shape index (κ3) is 4.82. The van der Waals surface area contributed by atoms with Crippen LogP contribution in [0.5, 0.6) is 0 Å². The largest absolute Gasteiger partial charge is 0.392 e. The highest BCUT2D eigenvalue weighted by atomic mass is 32.2. The minimum Gasteiger partial charge on any atom is -0.392 e. The maximum atomic E-state index is 12.7. The van der Waals surface area contributed by atoms with E-state index >= 15 is 0 Å². The van der Waals surface area contributed by atoms with Gasteiger partial charge in [-0.2, -0.15) is 0 Å². The predicted octanol–water partition coefficient (Wildman–Crippen LogP) is 3.49. The molecule has 3 aromatic rings. The molecule has 3 aromatic carbocycles. The second kappa shape index (κ2) is 8.46. The third-order valence-corrected chi connectivity index (χ3v) is 5.78. The van der Waals surface area contributed by atoms with Crippen molar-refractivity contribution in [3.63, 3.8) is 0 Å². The van der Waals surface area contributed by atoms with E-state index in [0.717, 1.165) is 27.3 Å². The zero-order chi connectivity index (χ0) is 21.0. The van der Waals surface area contributed by atoms with Crippen molar-refractivity contribution in [2.75, 3.05) is 22.9 Å². The molecule has 150 valence electrons.